The molecule has 2 atom stereocenters. The summed E-state index contributed by atoms with van der Waals surface area (Å²) in [4.78, 5) is 0. The Morgan fingerprint density at radius 1 is 0.810 bits per heavy atom. The first-order chi connectivity index (χ1) is 10.1. The number of rotatable bonds is 6. The van der Waals surface area contributed by atoms with Crippen molar-refractivity contribution in [2.45, 2.75) is 45.6 Å². The molecule has 0 saturated carbocycles. The Hall–Kier alpha value is -1.80. The molecule has 2 rings (SSSR count). The normalized spacial score (nSPS) is 13.7. The van der Waals surface area contributed by atoms with E-state index in [4.69, 9.17) is 4.74 Å². The number of hydrogen-bond acceptors (Lipinski definition) is 2. The number of aliphatic hydroxyl groups is 1. The highest BCUT2D eigenvalue weighted by atomic mass is 16.5. The minimum Gasteiger partial charge on any atom is -0.457 e. The maximum atomic E-state index is 9.77. The van der Waals surface area contributed by atoms with Crippen molar-refractivity contribution in [3.8, 4) is 11.5 Å². The third-order valence-electron chi connectivity index (χ3n) is 3.95. The Morgan fingerprint density at radius 2 is 1.29 bits per heavy atom. The highest BCUT2D eigenvalue weighted by Crippen LogP contribution is 2.26. The van der Waals surface area contributed by atoms with Gasteiger partial charge in [-0.15, -0.1) is 0 Å². The Balaban J connectivity index is 2.04. The van der Waals surface area contributed by atoms with E-state index in [9.17, 15) is 5.11 Å². The van der Waals surface area contributed by atoms with E-state index in [-0.39, 0.29) is 0 Å². The van der Waals surface area contributed by atoms with E-state index >= 15 is 0 Å². The molecular formula is C19H24O2. The summed E-state index contributed by atoms with van der Waals surface area (Å²) in [6, 6.07) is 15.9. The Morgan fingerprint density at radius 3 is 1.71 bits per heavy atom. The monoisotopic (exact) mass is 284 g/mol. The average molecular weight is 284 g/mol. The van der Waals surface area contributed by atoms with Gasteiger partial charge in [-0.05, 0) is 54.2 Å². The molecule has 0 fully saturated rings. The molecule has 2 aromatic carbocycles. The van der Waals surface area contributed by atoms with Gasteiger partial charge >= 0.3 is 0 Å². The first-order valence-electron chi connectivity index (χ1n) is 7.69. The molecule has 0 radical (unpaired) electrons. The van der Waals surface area contributed by atoms with Gasteiger partial charge in [0, 0.05) is 0 Å². The summed E-state index contributed by atoms with van der Waals surface area (Å²) in [5.74, 6) is 2.21. The minimum absolute atomic E-state index is 0.395. The molecule has 0 aromatic heterocycles. The van der Waals surface area contributed by atoms with E-state index < -0.39 is 6.10 Å². The Labute approximate surface area is 127 Å². The van der Waals surface area contributed by atoms with Crippen LogP contribution in [0.5, 0.6) is 11.5 Å². The number of benzene rings is 2. The fraction of sp³-hybridized carbons (Fsp3) is 0.368. The quantitative estimate of drug-likeness (QED) is 0.765. The maximum Gasteiger partial charge on any atom is 0.127 e. The van der Waals surface area contributed by atoms with Crippen LogP contribution in [0.15, 0.2) is 48.5 Å². The molecule has 1 unspecified atom stereocenters. The summed E-state index contributed by atoms with van der Waals surface area (Å²) in [7, 11) is 0. The third-order valence-corrected chi connectivity index (χ3v) is 3.95. The zero-order chi connectivity index (χ0) is 15.2. The predicted octanol–water partition coefficient (Wildman–Crippen LogP) is 5.44. The van der Waals surface area contributed by atoms with Gasteiger partial charge < -0.3 is 9.84 Å². The van der Waals surface area contributed by atoms with Crippen molar-refractivity contribution < 1.29 is 9.84 Å². The van der Waals surface area contributed by atoms with Gasteiger partial charge in [0.2, 0.25) is 0 Å². The molecular weight excluding hydrogens is 260 g/mol. The fourth-order valence-electron chi connectivity index (χ4n) is 2.23. The van der Waals surface area contributed by atoms with Crippen LogP contribution in [0.25, 0.3) is 0 Å². The lowest BCUT2D eigenvalue weighted by Gasteiger charge is -2.12. The summed E-state index contributed by atoms with van der Waals surface area (Å²) in [5.41, 5.74) is 2.27. The molecule has 2 aromatic rings. The Kier molecular flexibility index (Phi) is 5.40. The first kappa shape index (κ1) is 15.6. The molecule has 0 bridgehead atoms. The summed E-state index contributed by atoms with van der Waals surface area (Å²) in [6.45, 7) is 6.39. The predicted molar refractivity (Wildman–Crippen MR) is 86.9 cm³/mol. The molecule has 0 heterocycles. The van der Waals surface area contributed by atoms with Gasteiger partial charge in [-0.25, -0.2) is 0 Å². The topological polar surface area (TPSA) is 29.5 Å². The zero-order valence-corrected chi connectivity index (χ0v) is 13.0. The average Bonchev–Trinajstić information content (AvgIpc) is 2.55. The van der Waals surface area contributed by atoms with Gasteiger partial charge in [0.1, 0.15) is 11.5 Å². The van der Waals surface area contributed by atoms with Crippen LogP contribution in [-0.2, 0) is 0 Å². The van der Waals surface area contributed by atoms with Gasteiger partial charge in [0.15, 0.2) is 0 Å². The van der Waals surface area contributed by atoms with Crippen LogP contribution >= 0.6 is 0 Å². The molecule has 2 nitrogen and oxygen atoms in total. The molecule has 0 saturated heterocycles. The van der Waals surface area contributed by atoms with Crippen molar-refractivity contribution in [3.63, 3.8) is 0 Å². The van der Waals surface area contributed by atoms with Gasteiger partial charge in [-0.3, -0.25) is 0 Å². The summed E-state index contributed by atoms with van der Waals surface area (Å²) in [5, 5.41) is 9.77. The van der Waals surface area contributed by atoms with Crippen LogP contribution in [-0.4, -0.2) is 5.11 Å². The van der Waals surface area contributed by atoms with E-state index in [1.165, 1.54) is 5.56 Å². The molecule has 0 amide bonds. The van der Waals surface area contributed by atoms with E-state index in [1.807, 2.05) is 43.3 Å². The molecule has 1 N–H and O–H groups in total. The molecule has 112 valence electrons. The second-order valence-electron chi connectivity index (χ2n) is 5.47. The largest absolute Gasteiger partial charge is 0.457 e. The van der Waals surface area contributed by atoms with Crippen molar-refractivity contribution in [3.05, 3.63) is 59.7 Å². The Bertz CT molecular complexity index is 491. The van der Waals surface area contributed by atoms with Crippen LogP contribution in [0.4, 0.5) is 0 Å². The van der Waals surface area contributed by atoms with E-state index in [0.29, 0.717) is 5.92 Å². The van der Waals surface area contributed by atoms with Crippen LogP contribution in [0.3, 0.4) is 0 Å². The lowest BCUT2D eigenvalue weighted by atomic mass is 9.99. The van der Waals surface area contributed by atoms with Crippen LogP contribution < -0.4 is 4.74 Å². The fourth-order valence-corrected chi connectivity index (χ4v) is 2.23. The second-order valence-corrected chi connectivity index (χ2v) is 5.47. The van der Waals surface area contributed by atoms with Crippen molar-refractivity contribution in [2.75, 3.05) is 0 Å². The van der Waals surface area contributed by atoms with Crippen molar-refractivity contribution >= 4 is 0 Å². The second kappa shape index (κ2) is 7.28. The summed E-state index contributed by atoms with van der Waals surface area (Å²) >= 11 is 0. The van der Waals surface area contributed by atoms with Crippen LogP contribution in [0.2, 0.25) is 0 Å². The zero-order valence-electron chi connectivity index (χ0n) is 13.0. The first-order valence-corrected chi connectivity index (χ1v) is 7.69. The highest BCUT2D eigenvalue weighted by molar-refractivity contribution is 5.35. The van der Waals surface area contributed by atoms with Gasteiger partial charge in [-0.1, -0.05) is 45.0 Å². The van der Waals surface area contributed by atoms with Crippen LogP contribution in [0.1, 0.15) is 56.8 Å². The lowest BCUT2D eigenvalue weighted by molar-refractivity contribution is 0.173. The number of aliphatic hydroxyl groups excluding tert-OH is 1. The van der Waals surface area contributed by atoms with Gasteiger partial charge in [-0.2, -0.15) is 0 Å². The molecule has 21 heavy (non-hydrogen) atoms. The van der Waals surface area contributed by atoms with Gasteiger partial charge in [0.05, 0.1) is 6.10 Å². The third kappa shape index (κ3) is 4.08. The number of hydrogen-bond donors (Lipinski definition) is 1. The van der Waals surface area contributed by atoms with E-state index in [1.54, 1.807) is 0 Å². The van der Waals surface area contributed by atoms with E-state index in [2.05, 4.69) is 26.0 Å². The molecule has 0 aliphatic rings. The molecule has 0 spiro atoms. The molecule has 2 heteroatoms. The SMILES string of the molecule is CCC(C)c1ccc(Oc2ccc([C@H](O)CC)cc2)cc1. The van der Waals surface area contributed by atoms with Crippen molar-refractivity contribution in [2.24, 2.45) is 0 Å². The standard InChI is InChI=1S/C19H24O2/c1-4-14(3)15-6-10-17(11-7-15)21-18-12-8-16(9-13-18)19(20)5-2/h6-14,19-20H,4-5H2,1-3H3/t14?,19-/m1/s1. The molecule has 0 aliphatic heterocycles. The van der Waals surface area contributed by atoms with Gasteiger partial charge in [0.25, 0.3) is 0 Å². The minimum atomic E-state index is -0.395. The van der Waals surface area contributed by atoms with Crippen molar-refractivity contribution in [1.29, 1.82) is 0 Å². The summed E-state index contributed by atoms with van der Waals surface area (Å²) in [6.07, 6.45) is 1.47. The molecule has 0 aliphatic carbocycles. The summed E-state index contributed by atoms with van der Waals surface area (Å²) < 4.78 is 5.83. The maximum absolute atomic E-state index is 9.77. The van der Waals surface area contributed by atoms with E-state index in [0.717, 1.165) is 29.9 Å². The highest BCUT2D eigenvalue weighted by Gasteiger charge is 2.06. The number of ether oxygens (including phenoxy) is 1. The van der Waals surface area contributed by atoms with Crippen LogP contribution in [0, 0.1) is 0 Å². The smallest absolute Gasteiger partial charge is 0.127 e. The van der Waals surface area contributed by atoms with Crippen molar-refractivity contribution in [1.82, 2.24) is 0 Å². The lowest BCUT2D eigenvalue weighted by Crippen LogP contribution is -1.95.